The van der Waals surface area contributed by atoms with Gasteiger partial charge in [-0.25, -0.2) is 4.79 Å². The first-order valence-corrected chi connectivity index (χ1v) is 12.8. The Hall–Kier alpha value is -3.88. The molecule has 1 N–H and O–H groups in total. The van der Waals surface area contributed by atoms with E-state index in [2.05, 4.69) is 5.32 Å². The Kier molecular flexibility index (Phi) is 8.34. The lowest BCUT2D eigenvalue weighted by molar-refractivity contribution is -0.126. The number of para-hydroxylation sites is 2. The van der Waals surface area contributed by atoms with Crippen LogP contribution in [0.3, 0.4) is 0 Å². The van der Waals surface area contributed by atoms with Gasteiger partial charge in [0.05, 0.1) is 34.1 Å². The van der Waals surface area contributed by atoms with Crippen molar-refractivity contribution in [2.24, 2.45) is 5.41 Å². The number of nitrogens with zero attached hydrogens (tertiary/aromatic N) is 2. The lowest BCUT2D eigenvalue weighted by Crippen LogP contribution is -2.46. The number of amides is 3. The van der Waals surface area contributed by atoms with Gasteiger partial charge in [-0.1, -0.05) is 12.1 Å². The molecule has 0 bridgehead atoms. The van der Waals surface area contributed by atoms with Crippen LogP contribution < -0.4 is 24.3 Å². The number of likely N-dealkylation sites (tertiary alicyclic amines) is 2. The fraction of sp³-hybridized carbons (Fsp3) is 0.448. The summed E-state index contributed by atoms with van der Waals surface area (Å²) in [6.45, 7) is 4.54. The zero-order chi connectivity index (χ0) is 27.3. The number of methoxy groups -OCH3 is 4. The van der Waals surface area contributed by atoms with Gasteiger partial charge in [0, 0.05) is 43.4 Å². The maximum Gasteiger partial charge on any atom is 0.321 e. The van der Waals surface area contributed by atoms with E-state index in [0.29, 0.717) is 60.4 Å². The van der Waals surface area contributed by atoms with Crippen molar-refractivity contribution < 1.29 is 28.5 Å². The summed E-state index contributed by atoms with van der Waals surface area (Å²) in [5.41, 5.74) is 2.07. The molecule has 0 unspecified atom stereocenters. The molecule has 1 spiro atoms. The summed E-state index contributed by atoms with van der Waals surface area (Å²) in [6, 6.07) is 10.8. The predicted octanol–water partition coefficient (Wildman–Crippen LogP) is 4.67. The fourth-order valence-corrected chi connectivity index (χ4v) is 5.35. The lowest BCUT2D eigenvalue weighted by atomic mass is 9.78. The van der Waals surface area contributed by atoms with Crippen LogP contribution in [0, 0.1) is 5.41 Å². The highest BCUT2D eigenvalue weighted by Crippen LogP contribution is 2.41. The third-order valence-corrected chi connectivity index (χ3v) is 7.63. The normalized spacial score (nSPS) is 16.8. The second-order valence-electron chi connectivity index (χ2n) is 9.87. The average Bonchev–Trinajstić information content (AvgIpc) is 3.35. The molecule has 3 amide bonds. The second kappa shape index (κ2) is 11.7. The molecule has 0 saturated carbocycles. The van der Waals surface area contributed by atoms with Crippen molar-refractivity contribution in [3.05, 3.63) is 47.5 Å². The summed E-state index contributed by atoms with van der Waals surface area (Å²) in [4.78, 5) is 30.0. The number of hydrogen-bond donors (Lipinski definition) is 1. The molecule has 2 aliphatic heterocycles. The third kappa shape index (κ3) is 5.66. The van der Waals surface area contributed by atoms with Crippen molar-refractivity contribution in [2.45, 2.75) is 26.2 Å². The fourth-order valence-electron chi connectivity index (χ4n) is 5.35. The number of carbonyl (C=O) groups is 2. The first kappa shape index (κ1) is 27.2. The largest absolute Gasteiger partial charge is 0.496 e. The minimum atomic E-state index is -0.127. The summed E-state index contributed by atoms with van der Waals surface area (Å²) >= 11 is 0. The number of piperidine rings is 1. The number of rotatable bonds is 7. The number of benzene rings is 2. The summed E-state index contributed by atoms with van der Waals surface area (Å²) in [5.74, 6) is 2.38. The van der Waals surface area contributed by atoms with Crippen molar-refractivity contribution in [1.29, 1.82) is 0 Å². The number of anilines is 1. The van der Waals surface area contributed by atoms with E-state index in [0.717, 1.165) is 24.8 Å². The van der Waals surface area contributed by atoms with E-state index in [1.807, 2.05) is 53.1 Å². The zero-order valence-corrected chi connectivity index (χ0v) is 22.8. The van der Waals surface area contributed by atoms with E-state index >= 15 is 0 Å². The summed E-state index contributed by atoms with van der Waals surface area (Å²) in [5, 5.41) is 2.96. The summed E-state index contributed by atoms with van der Waals surface area (Å²) < 4.78 is 21.6. The first-order chi connectivity index (χ1) is 18.3. The zero-order valence-electron chi connectivity index (χ0n) is 22.8. The summed E-state index contributed by atoms with van der Waals surface area (Å²) in [6.07, 6.45) is 4.50. The SMILES string of the molecule is COc1cc(OC)c(OC)cc1/C=C(\C)C(=O)N1CCC2(CCN(C(=O)Nc3ccccc3OC)CC2)C1. The molecule has 0 radical (unpaired) electrons. The molecular weight excluding hydrogens is 486 g/mol. The Morgan fingerprint density at radius 3 is 2.03 bits per heavy atom. The molecule has 2 aromatic rings. The van der Waals surface area contributed by atoms with Gasteiger partial charge in [-0.05, 0) is 55.9 Å². The number of ether oxygens (including phenoxy) is 4. The predicted molar refractivity (Wildman–Crippen MR) is 146 cm³/mol. The monoisotopic (exact) mass is 523 g/mol. The van der Waals surface area contributed by atoms with Crippen LogP contribution in [-0.4, -0.2) is 76.4 Å². The smallest absolute Gasteiger partial charge is 0.321 e. The quantitative estimate of drug-likeness (QED) is 0.531. The van der Waals surface area contributed by atoms with Crippen LogP contribution in [0.25, 0.3) is 6.08 Å². The van der Waals surface area contributed by atoms with Crippen molar-refractivity contribution in [3.8, 4) is 23.0 Å². The topological polar surface area (TPSA) is 89.6 Å². The van der Waals surface area contributed by atoms with Crippen LogP contribution in [0.15, 0.2) is 42.0 Å². The van der Waals surface area contributed by atoms with Crippen LogP contribution in [-0.2, 0) is 4.79 Å². The van der Waals surface area contributed by atoms with Crippen LogP contribution in [0.1, 0.15) is 31.7 Å². The minimum Gasteiger partial charge on any atom is -0.496 e. The van der Waals surface area contributed by atoms with Crippen LogP contribution in [0.2, 0.25) is 0 Å². The molecule has 0 atom stereocenters. The Labute approximate surface area is 224 Å². The van der Waals surface area contributed by atoms with Gasteiger partial charge in [0.15, 0.2) is 11.5 Å². The average molecular weight is 524 g/mol. The molecule has 9 heteroatoms. The molecule has 2 fully saturated rings. The number of nitrogens with one attached hydrogen (secondary N) is 1. The van der Waals surface area contributed by atoms with Crippen molar-refractivity contribution in [1.82, 2.24) is 9.80 Å². The maximum atomic E-state index is 13.4. The third-order valence-electron chi connectivity index (χ3n) is 7.63. The lowest BCUT2D eigenvalue weighted by Gasteiger charge is -2.39. The van der Waals surface area contributed by atoms with E-state index in [9.17, 15) is 9.59 Å². The highest BCUT2D eigenvalue weighted by Gasteiger charge is 2.43. The number of urea groups is 1. The number of hydrogen-bond acceptors (Lipinski definition) is 6. The number of carbonyl (C=O) groups excluding carboxylic acids is 2. The molecule has 0 aromatic heterocycles. The van der Waals surface area contributed by atoms with E-state index in [1.54, 1.807) is 34.5 Å². The second-order valence-corrected chi connectivity index (χ2v) is 9.87. The molecule has 2 heterocycles. The highest BCUT2D eigenvalue weighted by atomic mass is 16.5. The van der Waals surface area contributed by atoms with Gasteiger partial charge in [-0.2, -0.15) is 0 Å². The van der Waals surface area contributed by atoms with Crippen LogP contribution >= 0.6 is 0 Å². The van der Waals surface area contributed by atoms with Gasteiger partial charge < -0.3 is 34.1 Å². The minimum absolute atomic E-state index is 0.00931. The summed E-state index contributed by atoms with van der Waals surface area (Å²) in [7, 11) is 6.32. The van der Waals surface area contributed by atoms with Crippen LogP contribution in [0.5, 0.6) is 23.0 Å². The Morgan fingerprint density at radius 2 is 1.39 bits per heavy atom. The van der Waals surface area contributed by atoms with Gasteiger partial charge >= 0.3 is 6.03 Å². The maximum absolute atomic E-state index is 13.4. The standard InChI is InChI=1S/C29H37N3O6/c1-20(16-21-17-25(37-4)26(38-5)18-24(21)36-3)27(33)32-15-12-29(19-32)10-13-31(14-11-29)28(34)30-22-8-6-7-9-23(22)35-2/h6-9,16-18H,10-15,19H2,1-5H3,(H,30,34)/b20-16+. The molecule has 0 aliphatic carbocycles. The van der Waals surface area contributed by atoms with Crippen molar-refractivity contribution in [2.75, 3.05) is 59.9 Å². The molecule has 38 heavy (non-hydrogen) atoms. The van der Waals surface area contributed by atoms with Gasteiger partial charge in [0.2, 0.25) is 5.91 Å². The van der Waals surface area contributed by atoms with E-state index in [-0.39, 0.29) is 17.4 Å². The molecule has 204 valence electrons. The first-order valence-electron chi connectivity index (χ1n) is 12.8. The van der Waals surface area contributed by atoms with Gasteiger partial charge in [0.1, 0.15) is 11.5 Å². The molecular formula is C29H37N3O6. The van der Waals surface area contributed by atoms with Gasteiger partial charge in [-0.3, -0.25) is 4.79 Å². The molecule has 2 aliphatic rings. The Morgan fingerprint density at radius 1 is 0.816 bits per heavy atom. The Bertz CT molecular complexity index is 1200. The van der Waals surface area contributed by atoms with Crippen molar-refractivity contribution >= 4 is 23.7 Å². The van der Waals surface area contributed by atoms with Crippen LogP contribution in [0.4, 0.5) is 10.5 Å². The molecule has 2 aromatic carbocycles. The van der Waals surface area contributed by atoms with Gasteiger partial charge in [0.25, 0.3) is 0 Å². The van der Waals surface area contributed by atoms with Crippen molar-refractivity contribution in [3.63, 3.8) is 0 Å². The van der Waals surface area contributed by atoms with E-state index in [4.69, 9.17) is 18.9 Å². The molecule has 2 saturated heterocycles. The van der Waals surface area contributed by atoms with E-state index < -0.39 is 0 Å². The Balaban J connectivity index is 1.38. The van der Waals surface area contributed by atoms with E-state index in [1.165, 1.54) is 0 Å². The highest BCUT2D eigenvalue weighted by molar-refractivity contribution is 5.98. The molecule has 9 nitrogen and oxygen atoms in total. The molecule has 4 rings (SSSR count). The van der Waals surface area contributed by atoms with Gasteiger partial charge in [-0.15, -0.1) is 0 Å².